The summed E-state index contributed by atoms with van der Waals surface area (Å²) in [5, 5.41) is 2.86. The summed E-state index contributed by atoms with van der Waals surface area (Å²) in [4.78, 5) is 33.8. The molecule has 6 nitrogen and oxygen atoms in total. The molecule has 3 aliphatic rings. The van der Waals surface area contributed by atoms with E-state index in [1.54, 1.807) is 0 Å². The molecule has 0 unspecified atom stereocenters. The predicted molar refractivity (Wildman–Crippen MR) is 95.3 cm³/mol. The number of piperidine rings is 1. The first kappa shape index (κ1) is 16.1. The van der Waals surface area contributed by atoms with Gasteiger partial charge in [0.05, 0.1) is 5.92 Å². The first-order chi connectivity index (χ1) is 12.0. The van der Waals surface area contributed by atoms with Crippen molar-refractivity contribution in [2.24, 2.45) is 4.99 Å². The van der Waals surface area contributed by atoms with Gasteiger partial charge < -0.3 is 9.80 Å². The number of hydrogen-bond donors (Lipinski definition) is 1. The van der Waals surface area contributed by atoms with E-state index in [0.717, 1.165) is 12.8 Å². The van der Waals surface area contributed by atoms with Crippen molar-refractivity contribution < 1.29 is 9.59 Å². The molecule has 0 saturated carbocycles. The number of nitrogens with zero attached hydrogens (tertiary/aromatic N) is 3. The van der Waals surface area contributed by atoms with E-state index in [1.807, 2.05) is 36.0 Å². The molecule has 2 amide bonds. The molecule has 0 radical (unpaired) electrons. The monoisotopic (exact) mass is 340 g/mol. The molecule has 1 fully saturated rings. The lowest BCUT2D eigenvalue weighted by atomic mass is 9.87. The van der Waals surface area contributed by atoms with Gasteiger partial charge in [0.15, 0.2) is 0 Å². The number of benzene rings is 1. The lowest BCUT2D eigenvalue weighted by Crippen LogP contribution is -2.51. The fraction of sp³-hybridized carbons (Fsp3) is 0.526. The van der Waals surface area contributed by atoms with E-state index in [4.69, 9.17) is 0 Å². The number of fused-ring (bicyclic) bond motifs is 1. The highest BCUT2D eigenvalue weighted by Crippen LogP contribution is 2.36. The molecule has 1 saturated heterocycles. The van der Waals surface area contributed by atoms with Gasteiger partial charge in [-0.3, -0.25) is 14.9 Å². The molecule has 1 aromatic rings. The summed E-state index contributed by atoms with van der Waals surface area (Å²) in [6, 6.07) is 8.24. The van der Waals surface area contributed by atoms with Gasteiger partial charge in [-0.1, -0.05) is 24.3 Å². The molecule has 0 aromatic heterocycles. The minimum Gasteiger partial charge on any atom is -0.349 e. The first-order valence-electron chi connectivity index (χ1n) is 8.95. The Balaban J connectivity index is 1.46. The molecular weight excluding hydrogens is 316 g/mol. The van der Waals surface area contributed by atoms with E-state index in [1.165, 1.54) is 11.1 Å². The Morgan fingerprint density at radius 3 is 2.68 bits per heavy atom. The van der Waals surface area contributed by atoms with Crippen LogP contribution in [0.25, 0.3) is 0 Å². The number of carbonyl (C=O) groups is 2. The average molecular weight is 340 g/mol. The Bertz CT molecular complexity index is 748. The van der Waals surface area contributed by atoms with Crippen LogP contribution in [0.15, 0.2) is 29.3 Å². The van der Waals surface area contributed by atoms with Gasteiger partial charge in [-0.25, -0.2) is 4.99 Å². The number of aliphatic imine (C=N–C) groups is 1. The summed E-state index contributed by atoms with van der Waals surface area (Å²) >= 11 is 0. The third-order valence-electron chi connectivity index (χ3n) is 5.72. The zero-order valence-electron chi connectivity index (χ0n) is 14.8. The molecule has 1 N–H and O–H groups in total. The van der Waals surface area contributed by atoms with Gasteiger partial charge in [0.1, 0.15) is 5.54 Å². The third kappa shape index (κ3) is 2.60. The van der Waals surface area contributed by atoms with E-state index in [2.05, 4.69) is 22.4 Å². The lowest BCUT2D eigenvalue weighted by molar-refractivity contribution is -0.136. The van der Waals surface area contributed by atoms with E-state index in [0.29, 0.717) is 31.9 Å². The molecule has 1 spiro atoms. The largest absolute Gasteiger partial charge is 0.349 e. The Morgan fingerprint density at radius 1 is 1.28 bits per heavy atom. The second kappa shape index (κ2) is 5.86. The van der Waals surface area contributed by atoms with Gasteiger partial charge in [0, 0.05) is 27.2 Å². The quantitative estimate of drug-likeness (QED) is 0.833. The average Bonchev–Trinajstić information content (AvgIpc) is 3.17. The normalized spacial score (nSPS) is 24.1. The summed E-state index contributed by atoms with van der Waals surface area (Å²) in [6.45, 7) is 1.18. The highest BCUT2D eigenvalue weighted by atomic mass is 16.2. The van der Waals surface area contributed by atoms with Crippen LogP contribution in [0.3, 0.4) is 0 Å². The van der Waals surface area contributed by atoms with Gasteiger partial charge in [-0.05, 0) is 36.8 Å². The summed E-state index contributed by atoms with van der Waals surface area (Å²) in [5.41, 5.74) is 1.79. The van der Waals surface area contributed by atoms with E-state index in [9.17, 15) is 9.59 Å². The van der Waals surface area contributed by atoms with Gasteiger partial charge in [0.2, 0.25) is 11.9 Å². The molecule has 1 aliphatic carbocycles. The fourth-order valence-corrected chi connectivity index (χ4v) is 4.18. The van der Waals surface area contributed by atoms with Crippen molar-refractivity contribution >= 4 is 17.8 Å². The molecule has 2 aliphatic heterocycles. The van der Waals surface area contributed by atoms with Crippen molar-refractivity contribution in [1.82, 2.24) is 15.1 Å². The van der Waals surface area contributed by atoms with E-state index >= 15 is 0 Å². The van der Waals surface area contributed by atoms with Crippen molar-refractivity contribution in [2.75, 3.05) is 27.2 Å². The zero-order chi connectivity index (χ0) is 17.6. The van der Waals surface area contributed by atoms with Crippen LogP contribution in [0.2, 0.25) is 0 Å². The minimum absolute atomic E-state index is 0.0245. The summed E-state index contributed by atoms with van der Waals surface area (Å²) in [7, 11) is 3.74. The second-order valence-electron chi connectivity index (χ2n) is 7.43. The Labute approximate surface area is 147 Å². The predicted octanol–water partition coefficient (Wildman–Crippen LogP) is 1.12. The molecule has 2 heterocycles. The van der Waals surface area contributed by atoms with Crippen LogP contribution in [0.4, 0.5) is 0 Å². The highest BCUT2D eigenvalue weighted by Gasteiger charge is 2.47. The zero-order valence-corrected chi connectivity index (χ0v) is 14.8. The molecule has 1 atom stereocenters. The second-order valence-corrected chi connectivity index (χ2v) is 7.43. The van der Waals surface area contributed by atoms with Gasteiger partial charge in [-0.15, -0.1) is 0 Å². The highest BCUT2D eigenvalue weighted by molar-refractivity contribution is 6.07. The summed E-state index contributed by atoms with van der Waals surface area (Å²) in [5.74, 6) is 0.766. The SMILES string of the molecule is CN(C)C1=NC2(CCN(C(=O)[C@@H]3CCc4ccccc43)CC2)C(=O)N1. The van der Waals surface area contributed by atoms with Gasteiger partial charge in [0.25, 0.3) is 5.91 Å². The standard InChI is InChI=1S/C19H24N4O2/c1-22(2)18-20-17(25)19(21-18)9-11-23(12-10-19)16(24)15-8-7-13-5-3-4-6-14(13)15/h3-6,15H,7-12H2,1-2H3,(H,20,21,25)/t15-/m1/s1. The summed E-state index contributed by atoms with van der Waals surface area (Å²) in [6.07, 6.45) is 3.05. The number of aryl methyl sites for hydroxylation is 1. The van der Waals surface area contributed by atoms with Crippen LogP contribution in [0, 0.1) is 0 Å². The summed E-state index contributed by atoms with van der Waals surface area (Å²) < 4.78 is 0. The molecule has 132 valence electrons. The van der Waals surface area contributed by atoms with Gasteiger partial charge in [-0.2, -0.15) is 0 Å². The van der Waals surface area contributed by atoms with E-state index < -0.39 is 5.54 Å². The van der Waals surface area contributed by atoms with Gasteiger partial charge >= 0.3 is 0 Å². The molecule has 25 heavy (non-hydrogen) atoms. The number of nitrogens with one attached hydrogen (secondary N) is 1. The van der Waals surface area contributed by atoms with Crippen molar-refractivity contribution in [3.8, 4) is 0 Å². The van der Waals surface area contributed by atoms with Crippen molar-refractivity contribution in [3.63, 3.8) is 0 Å². The van der Waals surface area contributed by atoms with Crippen LogP contribution in [-0.4, -0.2) is 60.3 Å². The minimum atomic E-state index is -0.691. The van der Waals surface area contributed by atoms with Crippen LogP contribution in [-0.2, 0) is 16.0 Å². The fourth-order valence-electron chi connectivity index (χ4n) is 4.18. The lowest BCUT2D eigenvalue weighted by Gasteiger charge is -2.36. The van der Waals surface area contributed by atoms with Crippen LogP contribution >= 0.6 is 0 Å². The molecule has 0 bridgehead atoms. The van der Waals surface area contributed by atoms with Crippen molar-refractivity contribution in [3.05, 3.63) is 35.4 Å². The number of hydrogen-bond acceptors (Lipinski definition) is 4. The number of rotatable bonds is 1. The topological polar surface area (TPSA) is 65.0 Å². The Morgan fingerprint density at radius 2 is 2.00 bits per heavy atom. The van der Waals surface area contributed by atoms with Crippen LogP contribution < -0.4 is 5.32 Å². The molecular formula is C19H24N4O2. The number of likely N-dealkylation sites (tertiary alicyclic amines) is 1. The third-order valence-corrected chi connectivity index (χ3v) is 5.72. The molecule has 6 heteroatoms. The number of amides is 2. The number of carbonyl (C=O) groups excluding carboxylic acids is 2. The smallest absolute Gasteiger partial charge is 0.254 e. The van der Waals surface area contributed by atoms with Crippen molar-refractivity contribution in [1.29, 1.82) is 0 Å². The maximum atomic E-state index is 13.0. The van der Waals surface area contributed by atoms with Crippen molar-refractivity contribution in [2.45, 2.75) is 37.1 Å². The van der Waals surface area contributed by atoms with Crippen LogP contribution in [0.1, 0.15) is 36.3 Å². The maximum absolute atomic E-state index is 13.0. The van der Waals surface area contributed by atoms with E-state index in [-0.39, 0.29) is 17.7 Å². The molecule has 1 aromatic carbocycles. The van der Waals surface area contributed by atoms with Crippen LogP contribution in [0.5, 0.6) is 0 Å². The number of guanidine groups is 1. The Hall–Kier alpha value is -2.37. The maximum Gasteiger partial charge on any atom is 0.254 e. The molecule has 4 rings (SSSR count). The first-order valence-corrected chi connectivity index (χ1v) is 8.95. The Kier molecular flexibility index (Phi) is 3.78.